The van der Waals surface area contributed by atoms with Gasteiger partial charge in [0.2, 0.25) is 0 Å². The van der Waals surface area contributed by atoms with E-state index in [9.17, 15) is 4.79 Å². The lowest BCUT2D eigenvalue weighted by Crippen LogP contribution is -2.24. The van der Waals surface area contributed by atoms with Crippen LogP contribution in [-0.2, 0) is 4.79 Å². The van der Waals surface area contributed by atoms with Crippen LogP contribution in [0.2, 0.25) is 0 Å². The second kappa shape index (κ2) is 8.82. The molecule has 0 unspecified atom stereocenters. The summed E-state index contributed by atoms with van der Waals surface area (Å²) in [5.41, 5.74) is 4.16. The summed E-state index contributed by atoms with van der Waals surface area (Å²) in [4.78, 5) is 17.0. The first-order chi connectivity index (χ1) is 12.7. The molecular weight excluding hydrogens is 350 g/mol. The Balaban J connectivity index is 1.46. The highest BCUT2D eigenvalue weighted by molar-refractivity contribution is 7.98. The molecular formula is C18H17N5O2S. The zero-order valence-corrected chi connectivity index (χ0v) is 14.9. The molecule has 0 radical (unpaired) electrons. The highest BCUT2D eigenvalue weighted by atomic mass is 32.2. The lowest BCUT2D eigenvalue weighted by molar-refractivity contribution is -0.123. The maximum absolute atomic E-state index is 11.8. The summed E-state index contributed by atoms with van der Waals surface area (Å²) < 4.78 is 6.84. The van der Waals surface area contributed by atoms with Gasteiger partial charge in [-0.05, 0) is 36.1 Å². The van der Waals surface area contributed by atoms with E-state index >= 15 is 0 Å². The normalized spacial score (nSPS) is 10.8. The predicted molar refractivity (Wildman–Crippen MR) is 101 cm³/mol. The molecule has 26 heavy (non-hydrogen) atoms. The molecule has 1 N–H and O–H groups in total. The van der Waals surface area contributed by atoms with Crippen LogP contribution in [0.4, 0.5) is 0 Å². The van der Waals surface area contributed by atoms with Crippen LogP contribution in [0.15, 0.2) is 70.9 Å². The van der Waals surface area contributed by atoms with E-state index in [1.807, 2.05) is 60.9 Å². The number of nitrogens with one attached hydrogen (secondary N) is 1. The van der Waals surface area contributed by atoms with Crippen LogP contribution in [0.3, 0.4) is 0 Å². The average molecular weight is 367 g/mol. The smallest absolute Gasteiger partial charge is 0.336 e. The van der Waals surface area contributed by atoms with E-state index in [-0.39, 0.29) is 12.6 Å². The Morgan fingerprint density at radius 1 is 1.23 bits per heavy atom. The van der Waals surface area contributed by atoms with E-state index in [0.717, 1.165) is 11.3 Å². The first-order valence-corrected chi connectivity index (χ1v) is 9.03. The van der Waals surface area contributed by atoms with Gasteiger partial charge in [-0.3, -0.25) is 4.79 Å². The standard InChI is InChI=1S/C18H17N5O2S/c1-26-16-9-7-14(8-10-16)11-20-21-17(24)12-25-18-19-13-23(22-18)15-5-3-2-4-6-15/h2-11,13H,12H2,1H3,(H,21,24). The minimum atomic E-state index is -0.391. The summed E-state index contributed by atoms with van der Waals surface area (Å²) in [6.45, 7) is -0.221. The van der Waals surface area contributed by atoms with Gasteiger partial charge in [0.15, 0.2) is 6.61 Å². The molecule has 0 bridgehead atoms. The Labute approximate surface area is 155 Å². The third kappa shape index (κ3) is 4.93. The molecule has 0 saturated carbocycles. The van der Waals surface area contributed by atoms with Crippen LogP contribution >= 0.6 is 11.8 Å². The summed E-state index contributed by atoms with van der Waals surface area (Å²) in [5, 5.41) is 8.06. The van der Waals surface area contributed by atoms with Crippen LogP contribution in [0.1, 0.15) is 5.56 Å². The van der Waals surface area contributed by atoms with E-state index in [2.05, 4.69) is 20.6 Å². The largest absolute Gasteiger partial charge is 0.452 e. The Morgan fingerprint density at radius 3 is 2.73 bits per heavy atom. The Morgan fingerprint density at radius 2 is 2.00 bits per heavy atom. The average Bonchev–Trinajstić information content (AvgIpc) is 3.17. The minimum Gasteiger partial charge on any atom is -0.452 e. The third-order valence-corrected chi connectivity index (χ3v) is 4.09. The molecule has 8 heteroatoms. The van der Waals surface area contributed by atoms with Crippen LogP contribution in [0.5, 0.6) is 6.01 Å². The topological polar surface area (TPSA) is 81.4 Å². The number of thioether (sulfide) groups is 1. The van der Waals surface area contributed by atoms with E-state index in [4.69, 9.17) is 4.74 Å². The zero-order chi connectivity index (χ0) is 18.2. The number of hydrogen-bond acceptors (Lipinski definition) is 6. The number of aromatic nitrogens is 3. The van der Waals surface area contributed by atoms with Gasteiger partial charge in [0.05, 0.1) is 11.9 Å². The second-order valence-electron chi connectivity index (χ2n) is 5.16. The molecule has 0 saturated heterocycles. The maximum atomic E-state index is 11.8. The summed E-state index contributed by atoms with van der Waals surface area (Å²) in [6, 6.07) is 17.5. The predicted octanol–water partition coefficient (Wildman–Crippen LogP) is 2.52. The fraction of sp³-hybridized carbons (Fsp3) is 0.111. The number of amides is 1. The number of hydrogen-bond donors (Lipinski definition) is 1. The molecule has 1 amide bonds. The number of nitrogens with zero attached hydrogens (tertiary/aromatic N) is 4. The first kappa shape index (κ1) is 17.7. The van der Waals surface area contributed by atoms with Crippen LogP contribution in [0, 0.1) is 0 Å². The fourth-order valence-electron chi connectivity index (χ4n) is 2.05. The van der Waals surface area contributed by atoms with Gasteiger partial charge in [0.1, 0.15) is 6.33 Å². The van der Waals surface area contributed by atoms with Crippen molar-refractivity contribution in [2.45, 2.75) is 4.90 Å². The van der Waals surface area contributed by atoms with Crippen LogP contribution < -0.4 is 10.2 Å². The highest BCUT2D eigenvalue weighted by Gasteiger charge is 2.06. The second-order valence-corrected chi connectivity index (χ2v) is 6.04. The SMILES string of the molecule is CSc1ccc(C=NNC(=O)COc2ncn(-c3ccccc3)n2)cc1. The quantitative estimate of drug-likeness (QED) is 0.394. The number of benzene rings is 2. The molecule has 1 heterocycles. The molecule has 7 nitrogen and oxygen atoms in total. The molecule has 3 aromatic rings. The van der Waals surface area contributed by atoms with E-state index in [1.54, 1.807) is 22.7 Å². The molecule has 0 aliphatic carbocycles. The van der Waals surface area contributed by atoms with E-state index in [0.29, 0.717) is 0 Å². The van der Waals surface area contributed by atoms with Gasteiger partial charge in [-0.2, -0.15) is 10.1 Å². The van der Waals surface area contributed by atoms with Crippen molar-refractivity contribution in [1.82, 2.24) is 20.2 Å². The number of carbonyl (C=O) groups is 1. The molecule has 132 valence electrons. The van der Waals surface area contributed by atoms with Crippen molar-refractivity contribution in [2.75, 3.05) is 12.9 Å². The number of carbonyl (C=O) groups excluding carboxylic acids is 1. The van der Waals surface area contributed by atoms with Crippen molar-refractivity contribution >= 4 is 23.9 Å². The monoisotopic (exact) mass is 367 g/mol. The van der Waals surface area contributed by atoms with Gasteiger partial charge >= 0.3 is 6.01 Å². The van der Waals surface area contributed by atoms with Gasteiger partial charge < -0.3 is 4.74 Å². The van der Waals surface area contributed by atoms with Crippen molar-refractivity contribution in [3.8, 4) is 11.7 Å². The van der Waals surface area contributed by atoms with Crippen molar-refractivity contribution in [2.24, 2.45) is 5.10 Å². The Hall–Kier alpha value is -3.13. The third-order valence-electron chi connectivity index (χ3n) is 3.34. The van der Waals surface area contributed by atoms with Gasteiger partial charge in [0, 0.05) is 4.90 Å². The van der Waals surface area contributed by atoms with Crippen LogP contribution in [-0.4, -0.2) is 39.7 Å². The summed E-state index contributed by atoms with van der Waals surface area (Å²) in [5.74, 6) is -0.391. The highest BCUT2D eigenvalue weighted by Crippen LogP contribution is 2.13. The first-order valence-electron chi connectivity index (χ1n) is 7.80. The molecule has 2 aromatic carbocycles. The van der Waals surface area contributed by atoms with E-state index in [1.165, 1.54) is 11.2 Å². The van der Waals surface area contributed by atoms with Crippen LogP contribution in [0.25, 0.3) is 5.69 Å². The maximum Gasteiger partial charge on any atom is 0.336 e. The number of ether oxygens (including phenoxy) is 1. The molecule has 3 rings (SSSR count). The van der Waals surface area contributed by atoms with Crippen molar-refractivity contribution < 1.29 is 9.53 Å². The molecule has 0 atom stereocenters. The number of hydrazone groups is 1. The molecule has 0 spiro atoms. The van der Waals surface area contributed by atoms with E-state index < -0.39 is 5.91 Å². The summed E-state index contributed by atoms with van der Waals surface area (Å²) >= 11 is 1.67. The van der Waals surface area contributed by atoms with Crippen molar-refractivity contribution in [3.05, 3.63) is 66.5 Å². The van der Waals surface area contributed by atoms with Gasteiger partial charge in [0.25, 0.3) is 5.91 Å². The van der Waals surface area contributed by atoms with Crippen molar-refractivity contribution in [1.29, 1.82) is 0 Å². The summed E-state index contributed by atoms with van der Waals surface area (Å²) in [6.07, 6.45) is 5.12. The molecule has 0 aliphatic heterocycles. The van der Waals surface area contributed by atoms with Gasteiger partial charge in [-0.25, -0.2) is 10.1 Å². The molecule has 1 aromatic heterocycles. The van der Waals surface area contributed by atoms with Crippen molar-refractivity contribution in [3.63, 3.8) is 0 Å². The van der Waals surface area contributed by atoms with Gasteiger partial charge in [-0.15, -0.1) is 16.9 Å². The lowest BCUT2D eigenvalue weighted by atomic mass is 10.2. The lowest BCUT2D eigenvalue weighted by Gasteiger charge is -2.01. The Kier molecular flexibility index (Phi) is 6.00. The molecule has 0 fully saturated rings. The summed E-state index contributed by atoms with van der Waals surface area (Å²) in [7, 11) is 0. The zero-order valence-electron chi connectivity index (χ0n) is 14.1. The fourth-order valence-corrected chi connectivity index (χ4v) is 2.46. The van der Waals surface area contributed by atoms with Gasteiger partial charge in [-0.1, -0.05) is 30.3 Å². The minimum absolute atomic E-state index is 0.126. The number of para-hydroxylation sites is 1. The number of rotatable bonds is 7. The Bertz CT molecular complexity index is 878. The molecule has 0 aliphatic rings.